The summed E-state index contributed by atoms with van der Waals surface area (Å²) in [5.74, 6) is 0.0217. The minimum Gasteiger partial charge on any atom is -0.358 e. The molecular formula is C16H29N3O2. The summed E-state index contributed by atoms with van der Waals surface area (Å²) in [5.41, 5.74) is 0.750. The van der Waals surface area contributed by atoms with Gasteiger partial charge in [-0.15, -0.1) is 0 Å². The van der Waals surface area contributed by atoms with Gasteiger partial charge < -0.3 is 14.7 Å². The molecule has 1 aromatic rings. The molecule has 0 aromatic carbocycles. The van der Waals surface area contributed by atoms with Gasteiger partial charge in [-0.2, -0.15) is 0 Å². The first-order valence-corrected chi connectivity index (χ1v) is 8.31. The Morgan fingerprint density at radius 3 is 2.10 bits per heavy atom. The van der Waals surface area contributed by atoms with Crippen molar-refractivity contribution in [3.05, 3.63) is 22.1 Å². The largest absolute Gasteiger partial charge is 0.384 e. The molecule has 0 aliphatic rings. The smallest absolute Gasteiger partial charge is 0.358 e. The van der Waals surface area contributed by atoms with Crippen molar-refractivity contribution < 1.29 is 4.92 Å². The standard InChI is InChI=1S/C16H29N3O2/c1-3-4-5-6-7-8-9-10-11-12-13-15-16(19(20)21)17-14-18(15)2/h14H,3-13H2,1-2H3. The van der Waals surface area contributed by atoms with Crippen molar-refractivity contribution in [1.82, 2.24) is 9.55 Å². The number of unbranched alkanes of at least 4 members (excludes halogenated alkanes) is 9. The Hall–Kier alpha value is -1.39. The molecule has 0 fully saturated rings. The fraction of sp³-hybridized carbons (Fsp3) is 0.812. The van der Waals surface area contributed by atoms with Crippen LogP contribution < -0.4 is 0 Å². The predicted octanol–water partition coefficient (Wildman–Crippen LogP) is 4.79. The van der Waals surface area contributed by atoms with Gasteiger partial charge in [-0.25, -0.2) is 0 Å². The fourth-order valence-electron chi connectivity index (χ4n) is 2.66. The Kier molecular flexibility index (Phi) is 8.71. The summed E-state index contributed by atoms with van der Waals surface area (Å²) in [5, 5.41) is 10.8. The van der Waals surface area contributed by atoms with Gasteiger partial charge in [0, 0.05) is 7.05 Å². The van der Waals surface area contributed by atoms with Crippen molar-refractivity contribution in [2.24, 2.45) is 7.05 Å². The number of imidazole rings is 1. The van der Waals surface area contributed by atoms with E-state index in [-0.39, 0.29) is 10.7 Å². The molecule has 0 bridgehead atoms. The van der Waals surface area contributed by atoms with Crippen LogP contribution in [-0.2, 0) is 13.5 Å². The summed E-state index contributed by atoms with van der Waals surface area (Å²) < 4.78 is 1.77. The van der Waals surface area contributed by atoms with E-state index in [9.17, 15) is 10.1 Å². The lowest BCUT2D eigenvalue weighted by Gasteiger charge is -2.03. The summed E-state index contributed by atoms with van der Waals surface area (Å²) in [7, 11) is 1.83. The Morgan fingerprint density at radius 1 is 1.05 bits per heavy atom. The van der Waals surface area contributed by atoms with Crippen molar-refractivity contribution in [2.45, 2.75) is 77.6 Å². The second-order valence-corrected chi connectivity index (χ2v) is 5.81. The van der Waals surface area contributed by atoms with Gasteiger partial charge in [0.1, 0.15) is 5.69 Å². The van der Waals surface area contributed by atoms with Gasteiger partial charge in [-0.3, -0.25) is 0 Å². The summed E-state index contributed by atoms with van der Waals surface area (Å²) in [6, 6.07) is 0. The summed E-state index contributed by atoms with van der Waals surface area (Å²) >= 11 is 0. The van der Waals surface area contributed by atoms with Crippen LogP contribution in [0.4, 0.5) is 5.82 Å². The molecule has 0 saturated carbocycles. The Morgan fingerprint density at radius 2 is 1.57 bits per heavy atom. The lowest BCUT2D eigenvalue weighted by molar-refractivity contribution is -0.390. The Bertz CT molecular complexity index is 416. The SMILES string of the molecule is CCCCCCCCCCCCc1c([N+](=O)[O-])ncn1C. The van der Waals surface area contributed by atoms with Crippen LogP contribution in [0.25, 0.3) is 0 Å². The van der Waals surface area contributed by atoms with Crippen LogP contribution in [0.1, 0.15) is 76.8 Å². The van der Waals surface area contributed by atoms with Crippen molar-refractivity contribution in [2.75, 3.05) is 0 Å². The van der Waals surface area contributed by atoms with Crippen molar-refractivity contribution in [3.63, 3.8) is 0 Å². The van der Waals surface area contributed by atoms with Gasteiger partial charge in [0.05, 0.1) is 0 Å². The quantitative estimate of drug-likeness (QED) is 0.316. The van der Waals surface area contributed by atoms with Crippen molar-refractivity contribution in [1.29, 1.82) is 0 Å². The van der Waals surface area contributed by atoms with Gasteiger partial charge in [-0.05, 0) is 22.7 Å². The maximum atomic E-state index is 10.8. The lowest BCUT2D eigenvalue weighted by atomic mass is 10.1. The Labute approximate surface area is 127 Å². The second-order valence-electron chi connectivity index (χ2n) is 5.81. The number of rotatable bonds is 12. The topological polar surface area (TPSA) is 61.0 Å². The van der Waals surface area contributed by atoms with E-state index < -0.39 is 0 Å². The molecule has 120 valence electrons. The third-order valence-corrected chi connectivity index (χ3v) is 3.98. The molecule has 0 aliphatic heterocycles. The van der Waals surface area contributed by atoms with Crippen molar-refractivity contribution >= 4 is 5.82 Å². The van der Waals surface area contributed by atoms with Gasteiger partial charge >= 0.3 is 5.82 Å². The summed E-state index contributed by atoms with van der Waals surface area (Å²) in [4.78, 5) is 14.3. The van der Waals surface area contributed by atoms with Crippen LogP contribution in [-0.4, -0.2) is 14.5 Å². The van der Waals surface area contributed by atoms with Crippen LogP contribution >= 0.6 is 0 Å². The molecule has 0 radical (unpaired) electrons. The minimum atomic E-state index is -0.383. The van der Waals surface area contributed by atoms with E-state index in [1.807, 2.05) is 7.05 Å². The first kappa shape index (κ1) is 17.7. The molecule has 1 rings (SSSR count). The van der Waals surface area contributed by atoms with Crippen LogP contribution in [0.5, 0.6) is 0 Å². The van der Waals surface area contributed by atoms with E-state index in [0.29, 0.717) is 0 Å². The number of hydrogen-bond acceptors (Lipinski definition) is 3. The average molecular weight is 295 g/mol. The van der Waals surface area contributed by atoms with Gasteiger partial charge in [-0.1, -0.05) is 64.7 Å². The third-order valence-electron chi connectivity index (χ3n) is 3.98. The molecule has 21 heavy (non-hydrogen) atoms. The number of aryl methyl sites for hydroxylation is 1. The van der Waals surface area contributed by atoms with Gasteiger partial charge in [0.25, 0.3) is 0 Å². The molecular weight excluding hydrogens is 266 g/mol. The van der Waals surface area contributed by atoms with Crippen LogP contribution in [0.2, 0.25) is 0 Å². The summed E-state index contributed by atoms with van der Waals surface area (Å²) in [6.45, 7) is 2.24. The molecule has 0 atom stereocenters. The number of hydrogen-bond donors (Lipinski definition) is 0. The van der Waals surface area contributed by atoms with E-state index in [0.717, 1.165) is 25.0 Å². The molecule has 1 heterocycles. The molecule has 1 aromatic heterocycles. The monoisotopic (exact) mass is 295 g/mol. The predicted molar refractivity (Wildman–Crippen MR) is 85.4 cm³/mol. The number of nitro groups is 1. The maximum Gasteiger partial charge on any atom is 0.384 e. The highest BCUT2D eigenvalue weighted by atomic mass is 16.6. The minimum absolute atomic E-state index is 0.0217. The number of aromatic nitrogens is 2. The summed E-state index contributed by atoms with van der Waals surface area (Å²) in [6.07, 6.45) is 15.1. The third kappa shape index (κ3) is 6.74. The van der Waals surface area contributed by atoms with E-state index in [1.165, 1.54) is 57.7 Å². The molecule has 0 unspecified atom stereocenters. The Balaban J connectivity index is 2.07. The molecule has 0 spiro atoms. The molecule has 0 amide bonds. The van der Waals surface area contributed by atoms with E-state index >= 15 is 0 Å². The second kappa shape index (κ2) is 10.4. The maximum absolute atomic E-state index is 10.8. The highest BCUT2D eigenvalue weighted by Crippen LogP contribution is 2.18. The van der Waals surface area contributed by atoms with E-state index in [2.05, 4.69) is 11.9 Å². The number of nitrogens with zero attached hydrogens (tertiary/aromatic N) is 3. The molecule has 0 aliphatic carbocycles. The van der Waals surface area contributed by atoms with Crippen LogP contribution in [0, 0.1) is 10.1 Å². The highest BCUT2D eigenvalue weighted by Gasteiger charge is 2.18. The zero-order valence-corrected chi connectivity index (χ0v) is 13.5. The van der Waals surface area contributed by atoms with E-state index in [1.54, 1.807) is 4.57 Å². The highest BCUT2D eigenvalue weighted by molar-refractivity contribution is 5.26. The van der Waals surface area contributed by atoms with Crippen LogP contribution in [0.3, 0.4) is 0 Å². The zero-order valence-electron chi connectivity index (χ0n) is 13.5. The van der Waals surface area contributed by atoms with Gasteiger partial charge in [0.2, 0.25) is 6.33 Å². The van der Waals surface area contributed by atoms with Crippen molar-refractivity contribution in [3.8, 4) is 0 Å². The molecule has 5 nitrogen and oxygen atoms in total. The van der Waals surface area contributed by atoms with Gasteiger partial charge in [0.15, 0.2) is 0 Å². The molecule has 0 saturated heterocycles. The first-order valence-electron chi connectivity index (χ1n) is 8.31. The normalized spacial score (nSPS) is 11.0. The van der Waals surface area contributed by atoms with E-state index in [4.69, 9.17) is 0 Å². The first-order chi connectivity index (χ1) is 10.2. The van der Waals surface area contributed by atoms with Crippen LogP contribution in [0.15, 0.2) is 6.33 Å². The lowest BCUT2D eigenvalue weighted by Crippen LogP contribution is -2.00. The average Bonchev–Trinajstić information content (AvgIpc) is 2.82. The molecule has 5 heteroatoms. The molecule has 0 N–H and O–H groups in total. The zero-order chi connectivity index (χ0) is 15.5. The fourth-order valence-corrected chi connectivity index (χ4v) is 2.66.